The molecule has 0 saturated carbocycles. The van der Waals surface area contributed by atoms with Crippen molar-refractivity contribution in [3.63, 3.8) is 0 Å². The summed E-state index contributed by atoms with van der Waals surface area (Å²) in [5.41, 5.74) is 1.35. The second-order valence-corrected chi connectivity index (χ2v) is 3.74. The van der Waals surface area contributed by atoms with Gasteiger partial charge in [-0.05, 0) is 12.1 Å². The van der Waals surface area contributed by atoms with Crippen LogP contribution >= 0.6 is 0 Å². The average molecular weight is 243 g/mol. The topological polar surface area (TPSA) is 60.1 Å². The van der Waals surface area contributed by atoms with Crippen molar-refractivity contribution in [2.24, 2.45) is 7.05 Å². The molecule has 1 aromatic heterocycles. The van der Waals surface area contributed by atoms with Crippen LogP contribution in [0.15, 0.2) is 24.4 Å². The quantitative estimate of drug-likeness (QED) is 0.827. The van der Waals surface area contributed by atoms with E-state index in [-0.39, 0.29) is 0 Å². The summed E-state index contributed by atoms with van der Waals surface area (Å²) >= 11 is 0. The lowest BCUT2D eigenvalue weighted by Crippen LogP contribution is -1.96. The highest BCUT2D eigenvalue weighted by Gasteiger charge is 2.11. The summed E-state index contributed by atoms with van der Waals surface area (Å²) in [5.74, 6) is 2.07. The van der Waals surface area contributed by atoms with E-state index in [0.29, 0.717) is 23.0 Å². The van der Waals surface area contributed by atoms with Crippen LogP contribution in [0.4, 0.5) is 0 Å². The largest absolute Gasteiger partial charge is 0.497 e. The summed E-state index contributed by atoms with van der Waals surface area (Å²) in [6, 6.07) is 7.58. The van der Waals surface area contributed by atoms with Gasteiger partial charge in [0.25, 0.3) is 0 Å². The maximum absolute atomic E-state index is 8.92. The minimum absolute atomic E-state index is 0.506. The van der Waals surface area contributed by atoms with Gasteiger partial charge >= 0.3 is 0 Å². The number of benzene rings is 1. The molecule has 2 aromatic rings. The number of ether oxygens (including phenoxy) is 2. The lowest BCUT2D eigenvalue weighted by atomic mass is 10.2. The first-order valence-corrected chi connectivity index (χ1v) is 5.35. The molecule has 2 rings (SSSR count). The van der Waals surface area contributed by atoms with E-state index in [4.69, 9.17) is 14.7 Å². The van der Waals surface area contributed by atoms with Gasteiger partial charge in [0.15, 0.2) is 0 Å². The van der Waals surface area contributed by atoms with E-state index < -0.39 is 0 Å². The molecule has 0 atom stereocenters. The van der Waals surface area contributed by atoms with Crippen molar-refractivity contribution in [3.05, 3.63) is 30.1 Å². The van der Waals surface area contributed by atoms with Gasteiger partial charge in [-0.25, -0.2) is 4.98 Å². The number of imidazole rings is 1. The van der Waals surface area contributed by atoms with Gasteiger partial charge < -0.3 is 14.0 Å². The van der Waals surface area contributed by atoms with Crippen LogP contribution in [0.3, 0.4) is 0 Å². The first kappa shape index (κ1) is 12.0. The number of methoxy groups -OCH3 is 2. The number of nitriles is 1. The van der Waals surface area contributed by atoms with Crippen LogP contribution in [0.1, 0.15) is 5.69 Å². The fourth-order valence-electron chi connectivity index (χ4n) is 1.72. The molecular formula is C13H13N3O2. The Balaban J connectivity index is 2.56. The molecular weight excluding hydrogens is 230 g/mol. The molecule has 0 amide bonds. The Morgan fingerprint density at radius 3 is 2.22 bits per heavy atom. The molecule has 0 aliphatic carbocycles. The van der Waals surface area contributed by atoms with Gasteiger partial charge in [0, 0.05) is 18.7 Å². The third-order valence-corrected chi connectivity index (χ3v) is 2.71. The Morgan fingerprint density at radius 2 is 1.78 bits per heavy atom. The van der Waals surface area contributed by atoms with E-state index in [1.165, 1.54) is 0 Å². The van der Waals surface area contributed by atoms with E-state index in [0.717, 1.165) is 5.56 Å². The Kier molecular flexibility index (Phi) is 3.20. The van der Waals surface area contributed by atoms with Crippen molar-refractivity contribution in [2.75, 3.05) is 14.2 Å². The number of rotatable bonds is 3. The summed E-state index contributed by atoms with van der Waals surface area (Å²) in [4.78, 5) is 4.24. The van der Waals surface area contributed by atoms with E-state index in [1.54, 1.807) is 38.1 Å². The van der Waals surface area contributed by atoms with E-state index in [2.05, 4.69) is 11.1 Å². The van der Waals surface area contributed by atoms with Crippen molar-refractivity contribution in [3.8, 4) is 29.0 Å². The molecule has 0 bridgehead atoms. The highest BCUT2D eigenvalue weighted by atomic mass is 16.5. The first-order valence-electron chi connectivity index (χ1n) is 5.35. The normalized spacial score (nSPS) is 9.89. The van der Waals surface area contributed by atoms with Gasteiger partial charge in [-0.3, -0.25) is 0 Å². The minimum atomic E-state index is 0.506. The standard InChI is InChI=1S/C13H13N3O2/c1-16-10(7-14)8-15-13(16)9-4-11(17-2)6-12(5-9)18-3/h4-6,8H,1-3H3. The maximum atomic E-state index is 8.92. The molecule has 0 fully saturated rings. The lowest BCUT2D eigenvalue weighted by molar-refractivity contribution is 0.394. The van der Waals surface area contributed by atoms with Crippen molar-refractivity contribution >= 4 is 0 Å². The Bertz CT molecular complexity index is 589. The number of nitrogens with zero attached hydrogens (tertiary/aromatic N) is 3. The van der Waals surface area contributed by atoms with Crippen molar-refractivity contribution < 1.29 is 9.47 Å². The van der Waals surface area contributed by atoms with Gasteiger partial charge in [0.1, 0.15) is 29.1 Å². The van der Waals surface area contributed by atoms with Crippen molar-refractivity contribution in [2.45, 2.75) is 0 Å². The van der Waals surface area contributed by atoms with Crippen molar-refractivity contribution in [1.29, 1.82) is 5.26 Å². The lowest BCUT2D eigenvalue weighted by Gasteiger charge is -2.08. The second kappa shape index (κ2) is 4.80. The molecule has 18 heavy (non-hydrogen) atoms. The van der Waals surface area contributed by atoms with Crippen LogP contribution in [0, 0.1) is 11.3 Å². The molecule has 0 N–H and O–H groups in total. The molecule has 1 heterocycles. The predicted octanol–water partition coefficient (Wildman–Crippen LogP) is 1.98. The summed E-state index contributed by atoms with van der Waals surface area (Å²) in [5, 5.41) is 8.92. The highest BCUT2D eigenvalue weighted by molar-refractivity contribution is 5.62. The third kappa shape index (κ3) is 2.00. The third-order valence-electron chi connectivity index (χ3n) is 2.71. The van der Waals surface area contributed by atoms with Gasteiger partial charge in [0.2, 0.25) is 0 Å². The van der Waals surface area contributed by atoms with Gasteiger partial charge in [-0.15, -0.1) is 0 Å². The van der Waals surface area contributed by atoms with Crippen LogP contribution < -0.4 is 9.47 Å². The molecule has 1 aromatic carbocycles. The monoisotopic (exact) mass is 243 g/mol. The fraction of sp³-hybridized carbons (Fsp3) is 0.231. The van der Waals surface area contributed by atoms with E-state index in [1.807, 2.05) is 12.1 Å². The van der Waals surface area contributed by atoms with Gasteiger partial charge in [-0.1, -0.05) is 0 Å². The van der Waals surface area contributed by atoms with Crippen molar-refractivity contribution in [1.82, 2.24) is 9.55 Å². The van der Waals surface area contributed by atoms with Crippen LogP contribution in [-0.2, 0) is 7.05 Å². The first-order chi connectivity index (χ1) is 8.69. The molecule has 0 spiro atoms. The smallest absolute Gasteiger partial charge is 0.140 e. The second-order valence-electron chi connectivity index (χ2n) is 3.74. The minimum Gasteiger partial charge on any atom is -0.497 e. The average Bonchev–Trinajstić information content (AvgIpc) is 2.79. The Labute approximate surface area is 105 Å². The molecule has 5 nitrogen and oxygen atoms in total. The number of hydrogen-bond donors (Lipinski definition) is 0. The molecule has 0 unspecified atom stereocenters. The molecule has 5 heteroatoms. The van der Waals surface area contributed by atoms with Crippen LogP contribution in [0.25, 0.3) is 11.4 Å². The van der Waals surface area contributed by atoms with Crippen LogP contribution in [0.2, 0.25) is 0 Å². The maximum Gasteiger partial charge on any atom is 0.140 e. The predicted molar refractivity (Wildman–Crippen MR) is 66.5 cm³/mol. The SMILES string of the molecule is COc1cc(OC)cc(-c2ncc(C#N)n2C)c1. The molecule has 0 radical (unpaired) electrons. The molecule has 0 saturated heterocycles. The summed E-state index contributed by atoms with van der Waals surface area (Å²) < 4.78 is 12.1. The highest BCUT2D eigenvalue weighted by Crippen LogP contribution is 2.29. The number of aromatic nitrogens is 2. The zero-order valence-corrected chi connectivity index (χ0v) is 10.5. The van der Waals surface area contributed by atoms with E-state index in [9.17, 15) is 0 Å². The zero-order chi connectivity index (χ0) is 13.1. The van der Waals surface area contributed by atoms with Gasteiger partial charge in [0.05, 0.1) is 20.4 Å². The van der Waals surface area contributed by atoms with E-state index >= 15 is 0 Å². The van der Waals surface area contributed by atoms with Crippen LogP contribution in [0.5, 0.6) is 11.5 Å². The zero-order valence-electron chi connectivity index (χ0n) is 10.5. The van der Waals surface area contributed by atoms with Crippen LogP contribution in [-0.4, -0.2) is 23.8 Å². The molecule has 0 aliphatic heterocycles. The Morgan fingerprint density at radius 1 is 1.17 bits per heavy atom. The summed E-state index contributed by atoms with van der Waals surface area (Å²) in [7, 11) is 4.99. The van der Waals surface area contributed by atoms with Gasteiger partial charge in [-0.2, -0.15) is 5.26 Å². The summed E-state index contributed by atoms with van der Waals surface area (Å²) in [6.07, 6.45) is 1.54. The molecule has 92 valence electrons. The molecule has 0 aliphatic rings. The summed E-state index contributed by atoms with van der Waals surface area (Å²) in [6.45, 7) is 0. The number of hydrogen-bond acceptors (Lipinski definition) is 4. The Hall–Kier alpha value is -2.48. The fourth-order valence-corrected chi connectivity index (χ4v) is 1.72.